The Bertz CT molecular complexity index is 666. The summed E-state index contributed by atoms with van der Waals surface area (Å²) in [6.45, 7) is 0. The van der Waals surface area contributed by atoms with Crippen molar-refractivity contribution in [2.75, 3.05) is 0 Å². The fraction of sp³-hybridized carbons (Fsp3) is 0.250. The van der Waals surface area contributed by atoms with Crippen molar-refractivity contribution in [2.45, 2.75) is 37.4 Å². The molecule has 0 bridgehead atoms. The lowest BCUT2D eigenvalue weighted by atomic mass is 10.2. The van der Waals surface area contributed by atoms with Gasteiger partial charge in [0.1, 0.15) is 0 Å². The minimum atomic E-state index is -1.12. The minimum Gasteiger partial charge on any atom is -0.0622 e. The summed E-state index contributed by atoms with van der Waals surface area (Å²) in [5, 5.41) is 0. The van der Waals surface area contributed by atoms with Crippen LogP contribution in [0.25, 0.3) is 0 Å². The van der Waals surface area contributed by atoms with Crippen molar-refractivity contribution >= 4 is 25.9 Å². The van der Waals surface area contributed by atoms with Crippen LogP contribution in [0.15, 0.2) is 91.0 Å². The van der Waals surface area contributed by atoms with Gasteiger partial charge in [-0.05, 0) is 45.7 Å². The van der Waals surface area contributed by atoms with Crippen LogP contribution in [0, 0.1) is 0 Å². The van der Waals surface area contributed by atoms with Crippen LogP contribution < -0.4 is 0 Å². The van der Waals surface area contributed by atoms with E-state index in [1.165, 1.54) is 63.8 Å². The van der Waals surface area contributed by atoms with Crippen molar-refractivity contribution in [1.82, 2.24) is 0 Å². The van der Waals surface area contributed by atoms with Crippen LogP contribution in [0.5, 0.6) is 0 Å². The van der Waals surface area contributed by atoms with Crippen LogP contribution in [0.2, 0.25) is 18.1 Å². The summed E-state index contributed by atoms with van der Waals surface area (Å²) in [5.74, 6) is 0. The second-order valence-electron chi connectivity index (χ2n) is 7.81. The van der Waals surface area contributed by atoms with E-state index in [2.05, 4.69) is 91.0 Å². The number of benzene rings is 3. The van der Waals surface area contributed by atoms with E-state index in [0.29, 0.717) is 0 Å². The molecule has 0 aliphatic carbocycles. The second kappa shape index (κ2) is 10.6. The first-order valence-electron chi connectivity index (χ1n) is 10.4. The largest absolute Gasteiger partial charge is 0.0622 e. The van der Waals surface area contributed by atoms with Crippen LogP contribution in [0.1, 0.15) is 16.7 Å². The van der Waals surface area contributed by atoms with Gasteiger partial charge < -0.3 is 0 Å². The minimum absolute atomic E-state index is 0.151. The van der Waals surface area contributed by atoms with Crippen molar-refractivity contribution in [2.24, 2.45) is 0 Å². The third-order valence-electron chi connectivity index (χ3n) is 6.11. The van der Waals surface area contributed by atoms with Gasteiger partial charge in [0.25, 0.3) is 0 Å². The maximum absolute atomic E-state index is 2.32. The molecule has 0 nitrogen and oxygen atoms in total. The van der Waals surface area contributed by atoms with Crippen LogP contribution in [-0.4, -0.2) is 25.9 Å². The average Bonchev–Trinajstić information content (AvgIpc) is 2.76. The lowest BCUT2D eigenvalue weighted by Crippen LogP contribution is -2.43. The van der Waals surface area contributed by atoms with Crippen molar-refractivity contribution in [3.05, 3.63) is 108 Å². The van der Waals surface area contributed by atoms with E-state index in [-0.39, 0.29) is 8.55 Å². The zero-order chi connectivity index (χ0) is 18.8. The summed E-state index contributed by atoms with van der Waals surface area (Å²) < 4.78 is 0. The molecule has 0 spiro atoms. The van der Waals surface area contributed by atoms with Crippen LogP contribution in [0.3, 0.4) is 0 Å². The molecule has 3 aromatic rings. The summed E-state index contributed by atoms with van der Waals surface area (Å²) >= 11 is 0. The zero-order valence-corrected chi connectivity index (χ0v) is 21.0. The number of rotatable bonds is 10. The average molecular weight is 405 g/mol. The van der Waals surface area contributed by atoms with Gasteiger partial charge in [-0.15, -0.1) is 0 Å². The first-order valence-corrected chi connectivity index (χ1v) is 21.0. The van der Waals surface area contributed by atoms with E-state index in [1.807, 2.05) is 0 Å². The summed E-state index contributed by atoms with van der Waals surface area (Å²) in [6, 6.07) is 38.1. The third kappa shape index (κ3) is 6.45. The van der Waals surface area contributed by atoms with Gasteiger partial charge in [0.2, 0.25) is 0 Å². The number of hydrogen-bond donors (Lipinski definition) is 0. The Morgan fingerprint density at radius 2 is 0.815 bits per heavy atom. The Hall–Kier alpha value is -1.69. The summed E-state index contributed by atoms with van der Waals surface area (Å²) in [5.41, 5.74) is 4.62. The zero-order valence-electron chi connectivity index (χ0n) is 16.6. The molecule has 0 N–H and O–H groups in total. The quantitative estimate of drug-likeness (QED) is 0.446. The Labute approximate surface area is 170 Å². The first-order chi connectivity index (χ1) is 13.3. The topological polar surface area (TPSA) is 0 Å². The summed E-state index contributed by atoms with van der Waals surface area (Å²) in [7, 11) is 0.511. The normalized spacial score (nSPS) is 12.0. The number of aryl methyl sites for hydroxylation is 3. The van der Waals surface area contributed by atoms with Gasteiger partial charge in [0.05, 0.1) is 0 Å². The summed E-state index contributed by atoms with van der Waals surface area (Å²) in [6.07, 6.45) is 3.89. The molecular formula is C24H32Si3. The highest BCUT2D eigenvalue weighted by Gasteiger charge is 2.29. The fourth-order valence-corrected chi connectivity index (χ4v) is 22.7. The molecule has 3 aromatic carbocycles. The highest BCUT2D eigenvalue weighted by atomic mass is 29.5. The molecule has 0 atom stereocenters. The monoisotopic (exact) mass is 404 g/mol. The maximum atomic E-state index is 2.32. The second-order valence-corrected chi connectivity index (χ2v) is 26.0. The first kappa shape index (κ1) is 20.1. The molecule has 3 rings (SSSR count). The maximum Gasteiger partial charge on any atom is 0.0377 e. The van der Waals surface area contributed by atoms with Gasteiger partial charge in [-0.3, -0.25) is 0 Å². The number of hydrogen-bond acceptors (Lipinski definition) is 0. The van der Waals surface area contributed by atoms with Crippen molar-refractivity contribution in [3.8, 4) is 0 Å². The Kier molecular flexibility index (Phi) is 7.87. The molecule has 3 heteroatoms. The SMILES string of the molecule is [SiH3][SiH2][Si](CCc1ccccc1)(CCc1ccccc1)CCc1ccccc1. The standard InChI is InChI=1S/C24H32Si3/c25-26-27(19-16-22-10-4-1-5-11-22,20-17-23-12-6-2-7-13-23)21-18-24-14-8-3-9-15-24/h1-15H,16-21,26H2,25H3. The van der Waals surface area contributed by atoms with Crippen LogP contribution in [0.4, 0.5) is 0 Å². The fourth-order valence-electron chi connectivity index (χ4n) is 4.07. The van der Waals surface area contributed by atoms with E-state index in [1.54, 1.807) is 0 Å². The lowest BCUT2D eigenvalue weighted by molar-refractivity contribution is 0.990. The van der Waals surface area contributed by atoms with Gasteiger partial charge in [0.15, 0.2) is 0 Å². The van der Waals surface area contributed by atoms with Gasteiger partial charge in [0, 0.05) is 16.1 Å². The molecule has 0 saturated heterocycles. The van der Waals surface area contributed by atoms with Crippen molar-refractivity contribution < 1.29 is 0 Å². The molecule has 0 aromatic heterocycles. The van der Waals surface area contributed by atoms with Gasteiger partial charge in [-0.2, -0.15) is 0 Å². The molecule has 0 aliphatic heterocycles. The molecular weight excluding hydrogens is 373 g/mol. The van der Waals surface area contributed by atoms with E-state index >= 15 is 0 Å². The molecule has 0 aliphatic rings. The van der Waals surface area contributed by atoms with Gasteiger partial charge in [-0.25, -0.2) is 0 Å². The summed E-state index contributed by atoms with van der Waals surface area (Å²) in [4.78, 5) is 0. The highest BCUT2D eigenvalue weighted by molar-refractivity contribution is 7.40. The molecule has 0 unspecified atom stereocenters. The molecule has 0 saturated carbocycles. The van der Waals surface area contributed by atoms with Crippen molar-refractivity contribution in [3.63, 3.8) is 0 Å². The van der Waals surface area contributed by atoms with E-state index in [4.69, 9.17) is 0 Å². The van der Waals surface area contributed by atoms with Gasteiger partial charge in [-0.1, -0.05) is 109 Å². The van der Waals surface area contributed by atoms with Crippen LogP contribution in [-0.2, 0) is 19.3 Å². The Morgan fingerprint density at radius 3 is 1.07 bits per heavy atom. The van der Waals surface area contributed by atoms with E-state index in [9.17, 15) is 0 Å². The molecule has 0 heterocycles. The molecule has 0 amide bonds. The van der Waals surface area contributed by atoms with Crippen LogP contribution >= 0.6 is 0 Å². The molecule has 0 fully saturated rings. The smallest absolute Gasteiger partial charge is 0.0377 e. The molecule has 27 heavy (non-hydrogen) atoms. The third-order valence-corrected chi connectivity index (χ3v) is 32.7. The molecule has 140 valence electrons. The highest BCUT2D eigenvalue weighted by Crippen LogP contribution is 2.26. The van der Waals surface area contributed by atoms with Crippen molar-refractivity contribution in [1.29, 1.82) is 0 Å². The van der Waals surface area contributed by atoms with E-state index in [0.717, 1.165) is 0 Å². The van der Waals surface area contributed by atoms with Gasteiger partial charge >= 0.3 is 0 Å². The Balaban J connectivity index is 1.70. The molecule has 0 radical (unpaired) electrons. The predicted molar refractivity (Wildman–Crippen MR) is 129 cm³/mol. The van der Waals surface area contributed by atoms with E-state index < -0.39 is 7.59 Å². The Morgan fingerprint density at radius 1 is 0.519 bits per heavy atom. The predicted octanol–water partition coefficient (Wildman–Crippen LogP) is 4.11. The lowest BCUT2D eigenvalue weighted by Gasteiger charge is -2.31.